The van der Waals surface area contributed by atoms with Gasteiger partial charge in [-0.1, -0.05) is 34.8 Å². The lowest BCUT2D eigenvalue weighted by molar-refractivity contribution is -0.132. The second kappa shape index (κ2) is 5.41. The van der Waals surface area contributed by atoms with Gasteiger partial charge in [-0.2, -0.15) is 0 Å². The lowest BCUT2D eigenvalue weighted by atomic mass is 10.3. The lowest BCUT2D eigenvalue weighted by Gasteiger charge is -2.09. The Morgan fingerprint density at radius 3 is 2.32 bits per heavy atom. The van der Waals surface area contributed by atoms with E-state index in [0.29, 0.717) is 20.8 Å². The summed E-state index contributed by atoms with van der Waals surface area (Å²) in [5.74, 6) is -0.259. The SMILES string of the molecule is CC(=O)Oc1cc(C)n(-c2c(Cl)cc(Cl)cc2Cl)n1. The fourth-order valence-electron chi connectivity index (χ4n) is 1.61. The Kier molecular flexibility index (Phi) is 4.04. The van der Waals surface area contributed by atoms with Crippen molar-refractivity contribution in [1.29, 1.82) is 0 Å². The standard InChI is InChI=1S/C12H9Cl3N2O2/c1-6-3-11(19-7(2)18)16-17(6)12-9(14)4-8(13)5-10(12)15/h3-5H,1-2H3. The maximum atomic E-state index is 10.9. The topological polar surface area (TPSA) is 44.1 Å². The van der Waals surface area contributed by atoms with Gasteiger partial charge in [0, 0.05) is 23.7 Å². The maximum absolute atomic E-state index is 10.9. The molecule has 0 aliphatic rings. The van der Waals surface area contributed by atoms with Gasteiger partial charge < -0.3 is 4.74 Å². The van der Waals surface area contributed by atoms with Crippen molar-refractivity contribution in [2.24, 2.45) is 0 Å². The van der Waals surface area contributed by atoms with Gasteiger partial charge in [0.1, 0.15) is 5.69 Å². The number of hydrogen-bond donors (Lipinski definition) is 0. The Morgan fingerprint density at radius 1 is 1.21 bits per heavy atom. The number of aryl methyl sites for hydroxylation is 1. The molecular formula is C12H9Cl3N2O2. The molecule has 0 fully saturated rings. The number of esters is 1. The van der Waals surface area contributed by atoms with Crippen LogP contribution >= 0.6 is 34.8 Å². The fourth-order valence-corrected chi connectivity index (χ4v) is 2.58. The minimum Gasteiger partial charge on any atom is -0.406 e. The average Bonchev–Trinajstić information content (AvgIpc) is 2.57. The molecule has 0 unspecified atom stereocenters. The van der Waals surface area contributed by atoms with Crippen LogP contribution in [0.25, 0.3) is 5.69 Å². The molecule has 4 nitrogen and oxygen atoms in total. The van der Waals surface area contributed by atoms with Crippen LogP contribution in [0.1, 0.15) is 12.6 Å². The summed E-state index contributed by atoms with van der Waals surface area (Å²) < 4.78 is 6.42. The van der Waals surface area contributed by atoms with Crippen LogP contribution in [0.4, 0.5) is 0 Å². The van der Waals surface area contributed by atoms with Crippen molar-refractivity contribution >= 4 is 40.8 Å². The summed E-state index contributed by atoms with van der Waals surface area (Å²) in [6.45, 7) is 3.10. The van der Waals surface area contributed by atoms with E-state index in [1.165, 1.54) is 11.6 Å². The van der Waals surface area contributed by atoms with Crippen molar-refractivity contribution in [3.8, 4) is 11.6 Å². The van der Waals surface area contributed by atoms with Crippen LogP contribution in [0.5, 0.6) is 5.88 Å². The Morgan fingerprint density at radius 2 is 1.79 bits per heavy atom. The molecule has 7 heteroatoms. The molecule has 0 atom stereocenters. The van der Waals surface area contributed by atoms with Crippen molar-refractivity contribution in [3.63, 3.8) is 0 Å². The first-order chi connectivity index (χ1) is 8.88. The first-order valence-electron chi connectivity index (χ1n) is 5.28. The van der Waals surface area contributed by atoms with Gasteiger partial charge in [-0.15, -0.1) is 5.10 Å². The molecule has 2 aromatic rings. The number of ether oxygens (including phenoxy) is 1. The predicted octanol–water partition coefficient (Wildman–Crippen LogP) is 4.07. The molecular weight excluding hydrogens is 311 g/mol. The van der Waals surface area contributed by atoms with Crippen molar-refractivity contribution in [2.75, 3.05) is 0 Å². The quantitative estimate of drug-likeness (QED) is 0.784. The van der Waals surface area contributed by atoms with Gasteiger partial charge in [-0.05, 0) is 19.1 Å². The highest BCUT2D eigenvalue weighted by Gasteiger charge is 2.15. The van der Waals surface area contributed by atoms with E-state index in [-0.39, 0.29) is 5.88 Å². The number of hydrogen-bond acceptors (Lipinski definition) is 3. The predicted molar refractivity (Wildman–Crippen MR) is 74.6 cm³/mol. The molecule has 1 heterocycles. The van der Waals surface area contributed by atoms with Crippen LogP contribution in [0.2, 0.25) is 15.1 Å². The second-order valence-corrected chi connectivity index (χ2v) is 5.10. The summed E-state index contributed by atoms with van der Waals surface area (Å²) in [6.07, 6.45) is 0. The summed E-state index contributed by atoms with van der Waals surface area (Å²) in [5.41, 5.74) is 1.21. The minimum atomic E-state index is -0.446. The summed E-state index contributed by atoms with van der Waals surface area (Å²) in [4.78, 5) is 10.9. The number of rotatable bonds is 2. The van der Waals surface area contributed by atoms with E-state index in [0.717, 1.165) is 5.69 Å². The van der Waals surface area contributed by atoms with Gasteiger partial charge in [-0.25, -0.2) is 4.68 Å². The van der Waals surface area contributed by atoms with E-state index in [1.54, 1.807) is 25.1 Å². The van der Waals surface area contributed by atoms with Crippen LogP contribution in [0.15, 0.2) is 18.2 Å². The summed E-state index contributed by atoms with van der Waals surface area (Å²) in [6, 6.07) is 4.75. The van der Waals surface area contributed by atoms with Crippen LogP contribution in [-0.2, 0) is 4.79 Å². The number of halogens is 3. The Hall–Kier alpha value is -1.23. The van der Waals surface area contributed by atoms with Gasteiger partial charge in [0.15, 0.2) is 0 Å². The lowest BCUT2D eigenvalue weighted by Crippen LogP contribution is -2.04. The summed E-state index contributed by atoms with van der Waals surface area (Å²) in [7, 11) is 0. The number of carbonyl (C=O) groups excluding carboxylic acids is 1. The number of carbonyl (C=O) groups is 1. The molecule has 0 aliphatic heterocycles. The molecule has 19 heavy (non-hydrogen) atoms. The van der Waals surface area contributed by atoms with Crippen molar-refractivity contribution in [1.82, 2.24) is 9.78 Å². The highest BCUT2D eigenvalue weighted by molar-refractivity contribution is 6.40. The zero-order chi connectivity index (χ0) is 14.2. The van der Waals surface area contributed by atoms with Crippen LogP contribution in [0.3, 0.4) is 0 Å². The smallest absolute Gasteiger partial charge is 0.309 e. The van der Waals surface area contributed by atoms with Gasteiger partial charge in [0.2, 0.25) is 5.88 Å². The molecule has 1 aromatic heterocycles. The molecule has 0 spiro atoms. The molecule has 0 amide bonds. The third kappa shape index (κ3) is 3.03. The maximum Gasteiger partial charge on any atom is 0.309 e. The first-order valence-corrected chi connectivity index (χ1v) is 6.42. The minimum absolute atomic E-state index is 0.187. The van der Waals surface area contributed by atoms with E-state index in [4.69, 9.17) is 39.5 Å². The molecule has 0 radical (unpaired) electrons. The highest BCUT2D eigenvalue weighted by Crippen LogP contribution is 2.33. The molecule has 0 bridgehead atoms. The van der Waals surface area contributed by atoms with E-state index >= 15 is 0 Å². The van der Waals surface area contributed by atoms with Gasteiger partial charge in [0.25, 0.3) is 0 Å². The largest absolute Gasteiger partial charge is 0.406 e. The molecule has 0 saturated heterocycles. The Labute approximate surface area is 124 Å². The second-order valence-electron chi connectivity index (χ2n) is 3.85. The molecule has 1 aromatic carbocycles. The molecule has 0 N–H and O–H groups in total. The normalized spacial score (nSPS) is 10.6. The summed E-state index contributed by atoms with van der Waals surface area (Å²) >= 11 is 18.1. The number of benzene rings is 1. The molecule has 0 saturated carbocycles. The van der Waals surface area contributed by atoms with Crippen LogP contribution in [0, 0.1) is 6.92 Å². The van der Waals surface area contributed by atoms with E-state index < -0.39 is 5.97 Å². The Balaban J connectivity index is 2.53. The van der Waals surface area contributed by atoms with E-state index in [1.807, 2.05) is 0 Å². The zero-order valence-corrected chi connectivity index (χ0v) is 12.3. The van der Waals surface area contributed by atoms with Crippen molar-refractivity contribution in [3.05, 3.63) is 39.0 Å². The first kappa shape index (κ1) is 14.2. The summed E-state index contributed by atoms with van der Waals surface area (Å²) in [5, 5.41) is 5.29. The van der Waals surface area contributed by atoms with Gasteiger partial charge in [-0.3, -0.25) is 4.79 Å². The zero-order valence-electron chi connectivity index (χ0n) is 10.1. The Bertz CT molecular complexity index is 629. The number of nitrogens with zero attached hydrogens (tertiary/aromatic N) is 2. The molecule has 0 aliphatic carbocycles. The van der Waals surface area contributed by atoms with E-state index in [2.05, 4.69) is 5.10 Å². The van der Waals surface area contributed by atoms with E-state index in [9.17, 15) is 4.79 Å². The van der Waals surface area contributed by atoms with Gasteiger partial charge in [0.05, 0.1) is 10.0 Å². The van der Waals surface area contributed by atoms with Crippen LogP contribution < -0.4 is 4.74 Å². The number of aromatic nitrogens is 2. The third-order valence-electron chi connectivity index (χ3n) is 2.31. The third-order valence-corrected chi connectivity index (χ3v) is 3.10. The average molecular weight is 320 g/mol. The van der Waals surface area contributed by atoms with Crippen molar-refractivity contribution < 1.29 is 9.53 Å². The van der Waals surface area contributed by atoms with Crippen molar-refractivity contribution in [2.45, 2.75) is 13.8 Å². The fraction of sp³-hybridized carbons (Fsp3) is 0.167. The highest BCUT2D eigenvalue weighted by atomic mass is 35.5. The van der Waals surface area contributed by atoms with Crippen LogP contribution in [-0.4, -0.2) is 15.7 Å². The monoisotopic (exact) mass is 318 g/mol. The molecule has 100 valence electrons. The van der Waals surface area contributed by atoms with Gasteiger partial charge >= 0.3 is 5.97 Å². The molecule has 2 rings (SSSR count).